The Morgan fingerprint density at radius 1 is 1.14 bits per heavy atom. The van der Waals surface area contributed by atoms with Gasteiger partial charge in [-0.3, -0.25) is 14.2 Å². The molecule has 37 heavy (non-hydrogen) atoms. The van der Waals surface area contributed by atoms with Gasteiger partial charge in [-0.1, -0.05) is 30.0 Å². The van der Waals surface area contributed by atoms with Crippen molar-refractivity contribution in [1.29, 1.82) is 0 Å². The fourth-order valence-electron chi connectivity index (χ4n) is 4.54. The van der Waals surface area contributed by atoms with E-state index in [0.29, 0.717) is 31.6 Å². The average Bonchev–Trinajstić information content (AvgIpc) is 3.39. The van der Waals surface area contributed by atoms with Crippen LogP contribution >= 0.6 is 34.4 Å². The Balaban J connectivity index is 1.45. The maximum atomic E-state index is 13.6. The Morgan fingerprint density at radius 2 is 1.89 bits per heavy atom. The second-order valence-electron chi connectivity index (χ2n) is 8.81. The van der Waals surface area contributed by atoms with Gasteiger partial charge in [-0.2, -0.15) is 0 Å². The van der Waals surface area contributed by atoms with Gasteiger partial charge in [-0.15, -0.1) is 22.7 Å². The summed E-state index contributed by atoms with van der Waals surface area (Å²) in [4.78, 5) is 47.1. The molecule has 0 spiro atoms. The summed E-state index contributed by atoms with van der Waals surface area (Å²) >= 11 is 4.16. The van der Waals surface area contributed by atoms with E-state index in [9.17, 15) is 14.4 Å². The highest BCUT2D eigenvalue weighted by Crippen LogP contribution is 2.39. The van der Waals surface area contributed by atoms with Crippen LogP contribution in [0.15, 0.2) is 40.3 Å². The van der Waals surface area contributed by atoms with Crippen molar-refractivity contribution in [2.75, 3.05) is 17.7 Å². The van der Waals surface area contributed by atoms with Crippen molar-refractivity contribution < 1.29 is 14.3 Å². The van der Waals surface area contributed by atoms with Gasteiger partial charge in [-0.25, -0.2) is 9.78 Å². The highest BCUT2D eigenvalue weighted by molar-refractivity contribution is 7.99. The predicted octanol–water partition coefficient (Wildman–Crippen LogP) is 5.91. The van der Waals surface area contributed by atoms with Gasteiger partial charge in [0.05, 0.1) is 29.0 Å². The standard InChI is InChI=1S/C27H27N3O4S3/c1-4-34-26(33)22-18-12-8-9-13-19(18)37-24(22)28-20(31)14-35-27-29-23-21(15(2)16(3)36-23)25(32)30(27)17-10-6-5-7-11-17/h5-7,10-11H,4,8-9,12-14H2,1-3H3,(H,28,31). The van der Waals surface area contributed by atoms with Crippen molar-refractivity contribution >= 4 is 61.5 Å². The Kier molecular flexibility index (Phi) is 7.50. The molecule has 192 valence electrons. The van der Waals surface area contributed by atoms with Crippen LogP contribution in [-0.4, -0.2) is 33.8 Å². The molecule has 1 aromatic carbocycles. The summed E-state index contributed by atoms with van der Waals surface area (Å²) in [5, 5.41) is 4.56. The molecular formula is C27H27N3O4S3. The zero-order valence-electron chi connectivity index (χ0n) is 20.9. The lowest BCUT2D eigenvalue weighted by atomic mass is 9.95. The van der Waals surface area contributed by atoms with E-state index >= 15 is 0 Å². The van der Waals surface area contributed by atoms with Crippen molar-refractivity contribution in [2.45, 2.75) is 51.6 Å². The number of nitrogens with one attached hydrogen (secondary N) is 1. The molecule has 1 amide bonds. The van der Waals surface area contributed by atoms with Crippen molar-refractivity contribution in [1.82, 2.24) is 9.55 Å². The van der Waals surface area contributed by atoms with E-state index in [1.165, 1.54) is 34.4 Å². The molecule has 0 atom stereocenters. The molecule has 0 radical (unpaired) electrons. The molecule has 0 fully saturated rings. The Hall–Kier alpha value is -2.95. The normalized spacial score (nSPS) is 12.9. The van der Waals surface area contributed by atoms with Crippen LogP contribution in [-0.2, 0) is 22.4 Å². The van der Waals surface area contributed by atoms with Crippen molar-refractivity contribution in [2.24, 2.45) is 0 Å². The molecule has 7 nitrogen and oxygen atoms in total. The largest absolute Gasteiger partial charge is 0.462 e. The van der Waals surface area contributed by atoms with Crippen LogP contribution < -0.4 is 10.9 Å². The molecule has 5 rings (SSSR count). The molecule has 0 saturated carbocycles. The zero-order valence-corrected chi connectivity index (χ0v) is 23.3. The van der Waals surface area contributed by atoms with Gasteiger partial charge in [0.2, 0.25) is 5.91 Å². The molecule has 10 heteroatoms. The number of hydrogen-bond donors (Lipinski definition) is 1. The van der Waals surface area contributed by atoms with E-state index in [0.717, 1.165) is 46.6 Å². The van der Waals surface area contributed by atoms with E-state index in [1.54, 1.807) is 11.5 Å². The van der Waals surface area contributed by atoms with Crippen LogP contribution in [0.1, 0.15) is 51.0 Å². The second kappa shape index (κ2) is 10.8. The number of thiophene rings is 2. The van der Waals surface area contributed by atoms with Gasteiger partial charge in [0, 0.05) is 9.75 Å². The van der Waals surface area contributed by atoms with Crippen molar-refractivity contribution in [3.05, 3.63) is 67.1 Å². The Labute approximate surface area is 226 Å². The summed E-state index contributed by atoms with van der Waals surface area (Å²) in [6.45, 7) is 5.97. The minimum atomic E-state index is -0.390. The van der Waals surface area contributed by atoms with Crippen LogP contribution in [0.4, 0.5) is 5.00 Å². The number of ether oxygens (including phenoxy) is 1. The first kappa shape index (κ1) is 25.7. The maximum Gasteiger partial charge on any atom is 0.341 e. The quantitative estimate of drug-likeness (QED) is 0.174. The van der Waals surface area contributed by atoms with Gasteiger partial charge in [0.15, 0.2) is 5.16 Å². The van der Waals surface area contributed by atoms with Gasteiger partial charge in [0.1, 0.15) is 9.83 Å². The lowest BCUT2D eigenvalue weighted by Gasteiger charge is -2.13. The van der Waals surface area contributed by atoms with Gasteiger partial charge in [-0.05, 0) is 69.7 Å². The van der Waals surface area contributed by atoms with Crippen LogP contribution in [0, 0.1) is 13.8 Å². The first-order valence-electron chi connectivity index (χ1n) is 12.2. The summed E-state index contributed by atoms with van der Waals surface area (Å²) in [5.74, 6) is -0.612. The number of fused-ring (bicyclic) bond motifs is 2. The number of anilines is 1. The van der Waals surface area contributed by atoms with E-state index in [4.69, 9.17) is 9.72 Å². The highest BCUT2D eigenvalue weighted by Gasteiger charge is 2.27. The lowest BCUT2D eigenvalue weighted by molar-refractivity contribution is -0.113. The van der Waals surface area contributed by atoms with E-state index in [2.05, 4.69) is 5.32 Å². The number of rotatable bonds is 7. The van der Waals surface area contributed by atoms with Crippen molar-refractivity contribution in [3.63, 3.8) is 0 Å². The van der Waals surface area contributed by atoms with Crippen molar-refractivity contribution in [3.8, 4) is 5.69 Å². The summed E-state index contributed by atoms with van der Waals surface area (Å²) < 4.78 is 6.88. The predicted molar refractivity (Wildman–Crippen MR) is 151 cm³/mol. The number of aryl methyl sites for hydroxylation is 3. The summed E-state index contributed by atoms with van der Waals surface area (Å²) in [6.07, 6.45) is 3.82. The number of esters is 1. The van der Waals surface area contributed by atoms with Gasteiger partial charge >= 0.3 is 5.97 Å². The molecular weight excluding hydrogens is 527 g/mol. The van der Waals surface area contributed by atoms with E-state index in [-0.39, 0.29) is 23.8 Å². The smallest absolute Gasteiger partial charge is 0.341 e. The number of amides is 1. The Bertz CT molecular complexity index is 1550. The molecule has 0 saturated heterocycles. The topological polar surface area (TPSA) is 90.3 Å². The molecule has 1 aliphatic rings. The third-order valence-electron chi connectivity index (χ3n) is 6.42. The minimum absolute atomic E-state index is 0.0406. The first-order valence-corrected chi connectivity index (χ1v) is 14.8. The fourth-order valence-corrected chi connectivity index (χ4v) is 7.72. The Morgan fingerprint density at radius 3 is 2.65 bits per heavy atom. The number of hydrogen-bond acceptors (Lipinski definition) is 8. The number of aromatic nitrogens is 2. The highest BCUT2D eigenvalue weighted by atomic mass is 32.2. The molecule has 3 heterocycles. The average molecular weight is 554 g/mol. The lowest BCUT2D eigenvalue weighted by Crippen LogP contribution is -2.23. The number of carbonyl (C=O) groups excluding carboxylic acids is 2. The molecule has 0 aliphatic heterocycles. The summed E-state index contributed by atoms with van der Waals surface area (Å²) in [7, 11) is 0. The molecule has 1 aliphatic carbocycles. The first-order chi connectivity index (χ1) is 17.9. The van der Waals surface area contributed by atoms with Crippen LogP contribution in [0.3, 0.4) is 0 Å². The number of nitrogens with zero attached hydrogens (tertiary/aromatic N) is 2. The molecule has 1 N–H and O–H groups in total. The molecule has 0 unspecified atom stereocenters. The fraction of sp³-hybridized carbons (Fsp3) is 0.333. The molecule has 3 aromatic heterocycles. The third-order valence-corrected chi connectivity index (χ3v) is 9.67. The van der Waals surface area contributed by atoms with Gasteiger partial charge in [0.25, 0.3) is 5.56 Å². The number of para-hydroxylation sites is 1. The summed E-state index contributed by atoms with van der Waals surface area (Å²) in [5.41, 5.74) is 2.99. The van der Waals surface area contributed by atoms with Gasteiger partial charge < -0.3 is 10.1 Å². The van der Waals surface area contributed by atoms with E-state index < -0.39 is 5.97 Å². The third kappa shape index (κ3) is 4.97. The minimum Gasteiger partial charge on any atom is -0.462 e. The number of carbonyl (C=O) groups is 2. The second-order valence-corrected chi connectivity index (χ2v) is 12.1. The van der Waals surface area contributed by atoms with Crippen LogP contribution in [0.25, 0.3) is 15.9 Å². The van der Waals surface area contributed by atoms with E-state index in [1.807, 2.05) is 44.2 Å². The summed E-state index contributed by atoms with van der Waals surface area (Å²) in [6, 6.07) is 9.34. The number of benzene rings is 1. The zero-order chi connectivity index (χ0) is 26.1. The monoisotopic (exact) mass is 553 g/mol. The number of thioether (sulfide) groups is 1. The maximum absolute atomic E-state index is 13.6. The molecule has 4 aromatic rings. The SMILES string of the molecule is CCOC(=O)c1c(NC(=O)CSc2nc3sc(C)c(C)c3c(=O)n2-c2ccccc2)sc2c1CCCC2. The van der Waals surface area contributed by atoms with Crippen LogP contribution in [0.5, 0.6) is 0 Å². The molecule has 0 bridgehead atoms. The van der Waals surface area contributed by atoms with Crippen LogP contribution in [0.2, 0.25) is 0 Å².